The maximum atomic E-state index is 9.65. The van der Waals surface area contributed by atoms with E-state index in [1.165, 1.54) is 24.0 Å². The lowest BCUT2D eigenvalue weighted by Gasteiger charge is -2.06. The van der Waals surface area contributed by atoms with Gasteiger partial charge in [0.05, 0.1) is 0 Å². The van der Waals surface area contributed by atoms with Crippen molar-refractivity contribution in [2.45, 2.75) is 26.2 Å². The van der Waals surface area contributed by atoms with Gasteiger partial charge in [0, 0.05) is 5.56 Å². The summed E-state index contributed by atoms with van der Waals surface area (Å²) in [5.41, 5.74) is 3.89. The van der Waals surface area contributed by atoms with Gasteiger partial charge in [-0.3, -0.25) is 0 Å². The summed E-state index contributed by atoms with van der Waals surface area (Å²) in [6.45, 7) is 2.15. The maximum Gasteiger partial charge on any atom is 0.123 e. The van der Waals surface area contributed by atoms with Crippen molar-refractivity contribution in [1.82, 2.24) is 0 Å². The number of phenolic OH excluding ortho intramolecular Hbond substituents is 1. The molecule has 13 heavy (non-hydrogen) atoms. The molecule has 0 saturated heterocycles. The summed E-state index contributed by atoms with van der Waals surface area (Å²) >= 11 is 0. The van der Waals surface area contributed by atoms with E-state index in [2.05, 4.69) is 6.92 Å². The van der Waals surface area contributed by atoms with E-state index in [0.717, 1.165) is 12.0 Å². The van der Waals surface area contributed by atoms with Gasteiger partial charge in [-0.1, -0.05) is 30.7 Å². The number of allylic oxidation sites excluding steroid dienone is 2. The fourth-order valence-corrected chi connectivity index (χ4v) is 1.72. The lowest BCUT2D eigenvalue weighted by molar-refractivity contribution is 0.473. The van der Waals surface area contributed by atoms with E-state index in [1.54, 1.807) is 6.07 Å². The second-order valence-electron chi connectivity index (χ2n) is 3.45. The van der Waals surface area contributed by atoms with Gasteiger partial charge in [-0.25, -0.2) is 0 Å². The molecule has 0 aliphatic heterocycles. The van der Waals surface area contributed by atoms with Crippen molar-refractivity contribution in [3.05, 3.63) is 35.4 Å². The van der Waals surface area contributed by atoms with Gasteiger partial charge in [-0.2, -0.15) is 0 Å². The van der Waals surface area contributed by atoms with Gasteiger partial charge in [-0.15, -0.1) is 0 Å². The molecule has 1 nitrogen and oxygen atoms in total. The van der Waals surface area contributed by atoms with Crippen LogP contribution in [0.15, 0.2) is 29.8 Å². The number of aromatic hydroxyl groups is 1. The van der Waals surface area contributed by atoms with Crippen LogP contribution in [0.25, 0.3) is 5.57 Å². The van der Waals surface area contributed by atoms with E-state index in [0.29, 0.717) is 5.75 Å². The molecule has 1 saturated carbocycles. The Morgan fingerprint density at radius 3 is 2.54 bits per heavy atom. The molecule has 0 amide bonds. The minimum atomic E-state index is 0.416. The Labute approximate surface area is 78.7 Å². The topological polar surface area (TPSA) is 20.2 Å². The highest BCUT2D eigenvalue weighted by Gasteiger charge is 2.18. The second kappa shape index (κ2) is 3.25. The molecule has 0 radical (unpaired) electrons. The van der Waals surface area contributed by atoms with Crippen LogP contribution >= 0.6 is 0 Å². The molecule has 1 fully saturated rings. The standard InChI is InChI=1S/C12H14O/c1-2-10(9-7-8-9)11-5-3-4-6-12(11)13/h3-6,13H,2,7-8H2,1H3. The summed E-state index contributed by atoms with van der Waals surface area (Å²) in [5.74, 6) is 0.416. The van der Waals surface area contributed by atoms with Gasteiger partial charge in [-0.05, 0) is 30.9 Å². The van der Waals surface area contributed by atoms with Crippen LogP contribution in [0.1, 0.15) is 31.7 Å². The summed E-state index contributed by atoms with van der Waals surface area (Å²) in [6, 6.07) is 7.60. The van der Waals surface area contributed by atoms with Crippen LogP contribution in [0.5, 0.6) is 5.75 Å². The third-order valence-electron chi connectivity index (χ3n) is 2.51. The number of hydrogen-bond acceptors (Lipinski definition) is 1. The molecular formula is C12H14O. The van der Waals surface area contributed by atoms with Gasteiger partial charge in [0.2, 0.25) is 0 Å². The summed E-state index contributed by atoms with van der Waals surface area (Å²) in [7, 11) is 0. The van der Waals surface area contributed by atoms with Gasteiger partial charge in [0.25, 0.3) is 0 Å². The minimum absolute atomic E-state index is 0.416. The van der Waals surface area contributed by atoms with Crippen molar-refractivity contribution in [3.8, 4) is 5.75 Å². The highest BCUT2D eigenvalue weighted by molar-refractivity contribution is 5.74. The molecule has 1 aromatic rings. The molecule has 0 heterocycles. The fraction of sp³-hybridized carbons (Fsp3) is 0.333. The monoisotopic (exact) mass is 174 g/mol. The van der Waals surface area contributed by atoms with E-state index >= 15 is 0 Å². The number of hydrogen-bond donors (Lipinski definition) is 1. The maximum absolute atomic E-state index is 9.65. The van der Waals surface area contributed by atoms with E-state index in [4.69, 9.17) is 0 Å². The molecule has 2 rings (SSSR count). The van der Waals surface area contributed by atoms with Gasteiger partial charge < -0.3 is 5.11 Å². The first-order chi connectivity index (χ1) is 6.33. The van der Waals surface area contributed by atoms with Crippen molar-refractivity contribution in [1.29, 1.82) is 0 Å². The first kappa shape index (κ1) is 8.36. The Hall–Kier alpha value is -1.24. The Bertz CT molecular complexity index is 344. The summed E-state index contributed by atoms with van der Waals surface area (Å²) in [6.07, 6.45) is 3.46. The van der Waals surface area contributed by atoms with Crippen LogP contribution in [-0.4, -0.2) is 5.11 Å². The Balaban J connectivity index is 2.44. The molecule has 1 heteroatoms. The van der Waals surface area contributed by atoms with Gasteiger partial charge in [0.15, 0.2) is 0 Å². The highest BCUT2D eigenvalue weighted by Crippen LogP contribution is 2.40. The van der Waals surface area contributed by atoms with Crippen LogP contribution in [0.2, 0.25) is 0 Å². The smallest absolute Gasteiger partial charge is 0.123 e. The first-order valence-corrected chi connectivity index (χ1v) is 4.82. The van der Waals surface area contributed by atoms with Crippen LogP contribution in [0.3, 0.4) is 0 Å². The Morgan fingerprint density at radius 1 is 1.31 bits per heavy atom. The summed E-state index contributed by atoms with van der Waals surface area (Å²) < 4.78 is 0. The van der Waals surface area contributed by atoms with Crippen LogP contribution in [-0.2, 0) is 0 Å². The zero-order chi connectivity index (χ0) is 9.26. The van der Waals surface area contributed by atoms with Gasteiger partial charge in [0.1, 0.15) is 5.75 Å². The quantitative estimate of drug-likeness (QED) is 0.729. The zero-order valence-electron chi connectivity index (χ0n) is 7.88. The molecule has 1 aromatic carbocycles. The molecule has 0 bridgehead atoms. The largest absolute Gasteiger partial charge is 0.507 e. The first-order valence-electron chi connectivity index (χ1n) is 4.82. The number of para-hydroxylation sites is 1. The lowest BCUT2D eigenvalue weighted by Crippen LogP contribution is -1.83. The third-order valence-corrected chi connectivity index (χ3v) is 2.51. The Kier molecular flexibility index (Phi) is 2.09. The number of benzene rings is 1. The molecule has 1 N–H and O–H groups in total. The number of rotatable bonds is 2. The fourth-order valence-electron chi connectivity index (χ4n) is 1.72. The van der Waals surface area contributed by atoms with E-state index in [1.807, 2.05) is 18.2 Å². The molecule has 68 valence electrons. The molecule has 0 aromatic heterocycles. The van der Waals surface area contributed by atoms with Gasteiger partial charge >= 0.3 is 0 Å². The van der Waals surface area contributed by atoms with E-state index in [-0.39, 0.29) is 0 Å². The summed E-state index contributed by atoms with van der Waals surface area (Å²) in [4.78, 5) is 0. The third kappa shape index (κ3) is 1.59. The average Bonchev–Trinajstić information content (AvgIpc) is 2.93. The van der Waals surface area contributed by atoms with Crippen molar-refractivity contribution in [2.75, 3.05) is 0 Å². The molecule has 1 aliphatic rings. The lowest BCUT2D eigenvalue weighted by atomic mass is 10.0. The predicted molar refractivity (Wildman–Crippen MR) is 54.6 cm³/mol. The normalized spacial score (nSPS) is 14.4. The molecular weight excluding hydrogens is 160 g/mol. The summed E-state index contributed by atoms with van der Waals surface area (Å²) in [5, 5.41) is 9.65. The van der Waals surface area contributed by atoms with E-state index < -0.39 is 0 Å². The Morgan fingerprint density at radius 2 is 2.00 bits per heavy atom. The van der Waals surface area contributed by atoms with Crippen LogP contribution < -0.4 is 0 Å². The van der Waals surface area contributed by atoms with Crippen molar-refractivity contribution >= 4 is 5.57 Å². The second-order valence-corrected chi connectivity index (χ2v) is 3.45. The predicted octanol–water partition coefficient (Wildman–Crippen LogP) is 3.35. The molecule has 0 spiro atoms. The van der Waals surface area contributed by atoms with Crippen molar-refractivity contribution in [3.63, 3.8) is 0 Å². The van der Waals surface area contributed by atoms with Crippen molar-refractivity contribution < 1.29 is 5.11 Å². The molecule has 0 unspecified atom stereocenters. The van der Waals surface area contributed by atoms with E-state index in [9.17, 15) is 5.11 Å². The highest BCUT2D eigenvalue weighted by atomic mass is 16.3. The zero-order valence-corrected chi connectivity index (χ0v) is 7.88. The number of phenols is 1. The van der Waals surface area contributed by atoms with Crippen molar-refractivity contribution in [2.24, 2.45) is 0 Å². The minimum Gasteiger partial charge on any atom is -0.507 e. The molecule has 1 aliphatic carbocycles. The van der Waals surface area contributed by atoms with Crippen LogP contribution in [0.4, 0.5) is 0 Å². The SMILES string of the molecule is CCC(=C1CC1)c1ccccc1O. The van der Waals surface area contributed by atoms with Crippen LogP contribution in [0, 0.1) is 0 Å². The average molecular weight is 174 g/mol. The molecule has 0 atom stereocenters.